The monoisotopic (exact) mass is 428 g/mol. The molecule has 150 valence electrons. The number of benzene rings is 1. The minimum absolute atomic E-state index is 0.0436. The Bertz CT molecular complexity index is 1150. The molecule has 0 bridgehead atoms. The molecule has 0 unspecified atom stereocenters. The fraction of sp³-hybridized carbons (Fsp3) is 0.250. The molecule has 29 heavy (non-hydrogen) atoms. The lowest BCUT2D eigenvalue weighted by Gasteiger charge is -2.08. The topological polar surface area (TPSA) is 90.9 Å². The van der Waals surface area contributed by atoms with Crippen LogP contribution in [0.2, 0.25) is 0 Å². The summed E-state index contributed by atoms with van der Waals surface area (Å²) in [4.78, 5) is 9.50. The van der Waals surface area contributed by atoms with Crippen molar-refractivity contribution < 1.29 is 12.9 Å². The second-order valence-electron chi connectivity index (χ2n) is 6.64. The summed E-state index contributed by atoms with van der Waals surface area (Å²) in [5.74, 6) is 1.50. The number of aromatic nitrogens is 4. The summed E-state index contributed by atoms with van der Waals surface area (Å²) in [7, 11) is -3.30. The first-order valence-corrected chi connectivity index (χ1v) is 11.9. The van der Waals surface area contributed by atoms with Crippen LogP contribution in [-0.2, 0) is 28.6 Å². The molecule has 0 amide bonds. The van der Waals surface area contributed by atoms with Crippen molar-refractivity contribution >= 4 is 21.2 Å². The van der Waals surface area contributed by atoms with Gasteiger partial charge >= 0.3 is 0 Å². The van der Waals surface area contributed by atoms with E-state index in [1.54, 1.807) is 6.20 Å². The van der Waals surface area contributed by atoms with E-state index in [1.807, 2.05) is 58.6 Å². The third-order valence-electron chi connectivity index (χ3n) is 4.40. The first-order valence-electron chi connectivity index (χ1n) is 9.20. The summed E-state index contributed by atoms with van der Waals surface area (Å²) in [6.45, 7) is 0.596. The molecule has 0 saturated carbocycles. The van der Waals surface area contributed by atoms with Gasteiger partial charge in [-0.15, -0.1) is 11.3 Å². The second kappa shape index (κ2) is 8.71. The van der Waals surface area contributed by atoms with Gasteiger partial charge in [0.1, 0.15) is 11.6 Å². The molecule has 3 aromatic heterocycles. The predicted molar refractivity (Wildman–Crippen MR) is 111 cm³/mol. The fourth-order valence-electron chi connectivity index (χ4n) is 2.98. The Hall–Kier alpha value is -2.78. The molecule has 0 spiro atoms. The van der Waals surface area contributed by atoms with Crippen LogP contribution in [-0.4, -0.2) is 33.9 Å². The Morgan fingerprint density at radius 2 is 1.97 bits per heavy atom. The average molecular weight is 429 g/mol. The van der Waals surface area contributed by atoms with Crippen LogP contribution in [0.4, 0.5) is 0 Å². The van der Waals surface area contributed by atoms with Crippen molar-refractivity contribution in [3.05, 3.63) is 77.5 Å². The number of imidazole rings is 1. The Morgan fingerprint density at radius 3 is 2.76 bits per heavy atom. The van der Waals surface area contributed by atoms with Crippen molar-refractivity contribution in [1.29, 1.82) is 0 Å². The Labute approximate surface area is 173 Å². The summed E-state index contributed by atoms with van der Waals surface area (Å²) in [6, 6.07) is 13.7. The maximum Gasteiger partial charge on any atom is 0.227 e. The Balaban J connectivity index is 1.33. The third kappa shape index (κ3) is 5.18. The van der Waals surface area contributed by atoms with Crippen LogP contribution >= 0.6 is 11.3 Å². The molecule has 3 heterocycles. The molecular weight excluding hydrogens is 408 g/mol. The highest BCUT2D eigenvalue weighted by Crippen LogP contribution is 2.21. The van der Waals surface area contributed by atoms with Crippen LogP contribution in [0.25, 0.3) is 10.7 Å². The maximum atomic E-state index is 12.6. The molecule has 0 N–H and O–H groups in total. The number of thiophene rings is 1. The van der Waals surface area contributed by atoms with Crippen LogP contribution < -0.4 is 0 Å². The zero-order chi connectivity index (χ0) is 20.1. The second-order valence-corrected chi connectivity index (χ2v) is 9.77. The number of hydrogen-bond donors (Lipinski definition) is 0. The van der Waals surface area contributed by atoms with Crippen LogP contribution in [0.15, 0.2) is 64.8 Å². The highest BCUT2D eigenvalue weighted by Gasteiger charge is 2.17. The summed E-state index contributed by atoms with van der Waals surface area (Å²) in [6.07, 6.45) is 4.30. The van der Waals surface area contributed by atoms with Gasteiger partial charge in [0.05, 0.1) is 10.6 Å². The highest BCUT2D eigenvalue weighted by atomic mass is 32.2. The third-order valence-corrected chi connectivity index (χ3v) is 6.88. The lowest BCUT2D eigenvalue weighted by Crippen LogP contribution is -2.14. The van der Waals surface area contributed by atoms with E-state index in [9.17, 15) is 8.42 Å². The van der Waals surface area contributed by atoms with E-state index in [4.69, 9.17) is 4.52 Å². The quantitative estimate of drug-likeness (QED) is 0.405. The van der Waals surface area contributed by atoms with E-state index >= 15 is 0 Å². The number of sulfone groups is 1. The van der Waals surface area contributed by atoms with E-state index in [-0.39, 0.29) is 11.5 Å². The maximum absolute atomic E-state index is 12.6. The van der Waals surface area contributed by atoms with E-state index in [0.717, 1.165) is 10.4 Å². The Kier molecular flexibility index (Phi) is 5.86. The van der Waals surface area contributed by atoms with Gasteiger partial charge in [-0.3, -0.25) is 0 Å². The zero-order valence-electron chi connectivity index (χ0n) is 15.6. The van der Waals surface area contributed by atoms with E-state index in [1.165, 1.54) is 11.3 Å². The summed E-state index contributed by atoms with van der Waals surface area (Å²) >= 11 is 1.53. The molecule has 0 saturated heterocycles. The minimum atomic E-state index is -3.30. The normalized spacial score (nSPS) is 11.7. The van der Waals surface area contributed by atoms with Crippen molar-refractivity contribution in [2.75, 3.05) is 5.75 Å². The summed E-state index contributed by atoms with van der Waals surface area (Å²) in [5.41, 5.74) is 1.10. The molecule has 1 aromatic carbocycles. The minimum Gasteiger partial charge on any atom is -0.339 e. The average Bonchev–Trinajstić information content (AvgIpc) is 3.45. The summed E-state index contributed by atoms with van der Waals surface area (Å²) < 4.78 is 32.2. The van der Waals surface area contributed by atoms with Crippen molar-refractivity contribution in [3.63, 3.8) is 0 Å². The lowest BCUT2D eigenvalue weighted by molar-refractivity contribution is 0.378. The standard InChI is InChI=1S/C20H20N4O3S2/c25-29(26,13-5-9-19-22-20(23-27-19)17-8-4-12-28-17)15-18-21-10-11-24(18)14-16-6-2-1-3-7-16/h1-4,6-8,10-12H,5,9,13-15H2. The summed E-state index contributed by atoms with van der Waals surface area (Å²) in [5, 5.41) is 5.89. The highest BCUT2D eigenvalue weighted by molar-refractivity contribution is 7.90. The zero-order valence-corrected chi connectivity index (χ0v) is 17.3. The first kappa shape index (κ1) is 19.5. The SMILES string of the molecule is O=S(=O)(CCCc1nc(-c2cccs2)no1)Cc1nccn1Cc1ccccc1. The molecular formula is C20H20N4O3S2. The van der Waals surface area contributed by atoms with Gasteiger partial charge in [-0.25, -0.2) is 13.4 Å². The molecule has 4 rings (SSSR count). The molecule has 7 nitrogen and oxygen atoms in total. The molecule has 4 aromatic rings. The Morgan fingerprint density at radius 1 is 1.10 bits per heavy atom. The lowest BCUT2D eigenvalue weighted by atomic mass is 10.2. The smallest absolute Gasteiger partial charge is 0.227 e. The van der Waals surface area contributed by atoms with Gasteiger partial charge in [-0.05, 0) is 23.4 Å². The number of aryl methyl sites for hydroxylation is 1. The van der Waals surface area contributed by atoms with Crippen LogP contribution in [0.5, 0.6) is 0 Å². The number of nitrogens with zero attached hydrogens (tertiary/aromatic N) is 4. The predicted octanol–water partition coefficient (Wildman–Crippen LogP) is 3.59. The van der Waals surface area contributed by atoms with Gasteiger partial charge in [-0.1, -0.05) is 41.6 Å². The van der Waals surface area contributed by atoms with Crippen molar-refractivity contribution in [1.82, 2.24) is 19.7 Å². The molecule has 0 fully saturated rings. The molecule has 0 aliphatic rings. The van der Waals surface area contributed by atoms with Crippen molar-refractivity contribution in [3.8, 4) is 10.7 Å². The molecule has 0 atom stereocenters. The number of rotatable bonds is 9. The van der Waals surface area contributed by atoms with Crippen LogP contribution in [0.3, 0.4) is 0 Å². The number of hydrogen-bond acceptors (Lipinski definition) is 7. The van der Waals surface area contributed by atoms with Crippen molar-refractivity contribution in [2.45, 2.75) is 25.1 Å². The molecule has 0 radical (unpaired) electrons. The molecule has 0 aliphatic heterocycles. The molecule has 9 heteroatoms. The van der Waals surface area contributed by atoms with E-state index in [0.29, 0.717) is 36.9 Å². The molecule has 0 aliphatic carbocycles. The van der Waals surface area contributed by atoms with Gasteiger partial charge in [0.25, 0.3) is 0 Å². The largest absolute Gasteiger partial charge is 0.339 e. The van der Waals surface area contributed by atoms with Crippen LogP contribution in [0.1, 0.15) is 23.7 Å². The van der Waals surface area contributed by atoms with E-state index < -0.39 is 9.84 Å². The van der Waals surface area contributed by atoms with E-state index in [2.05, 4.69) is 15.1 Å². The first-order chi connectivity index (χ1) is 14.1. The van der Waals surface area contributed by atoms with Gasteiger partial charge in [0.15, 0.2) is 9.84 Å². The van der Waals surface area contributed by atoms with Crippen LogP contribution in [0, 0.1) is 0 Å². The van der Waals surface area contributed by atoms with Gasteiger partial charge in [-0.2, -0.15) is 4.98 Å². The van der Waals surface area contributed by atoms with Gasteiger partial charge in [0, 0.05) is 25.4 Å². The van der Waals surface area contributed by atoms with Gasteiger partial charge in [0.2, 0.25) is 11.7 Å². The van der Waals surface area contributed by atoms with Gasteiger partial charge < -0.3 is 9.09 Å². The van der Waals surface area contributed by atoms with Crippen molar-refractivity contribution in [2.24, 2.45) is 0 Å². The fourth-order valence-corrected chi connectivity index (χ4v) is 4.99.